The topological polar surface area (TPSA) is 79.4 Å². The molecule has 24 heavy (non-hydrogen) atoms. The van der Waals surface area contributed by atoms with Crippen molar-refractivity contribution in [2.75, 3.05) is 7.11 Å². The largest absolute Gasteiger partial charge is 0.479 e. The molecule has 1 aromatic carbocycles. The van der Waals surface area contributed by atoms with Crippen molar-refractivity contribution < 1.29 is 23.2 Å². The number of methoxy groups -OCH3 is 1. The van der Waals surface area contributed by atoms with E-state index in [-0.39, 0.29) is 29.4 Å². The highest BCUT2D eigenvalue weighted by Gasteiger charge is 2.19. The van der Waals surface area contributed by atoms with Gasteiger partial charge in [-0.3, -0.25) is 4.68 Å². The summed E-state index contributed by atoms with van der Waals surface area (Å²) in [6.07, 6.45) is 1.49. The zero-order valence-corrected chi connectivity index (χ0v) is 13.0. The summed E-state index contributed by atoms with van der Waals surface area (Å²) in [7, 11) is 3.08. The summed E-state index contributed by atoms with van der Waals surface area (Å²) in [5.74, 6) is -0.583. The van der Waals surface area contributed by atoms with Gasteiger partial charge in [-0.15, -0.1) is 5.10 Å². The second-order valence-corrected chi connectivity index (χ2v) is 4.96. The lowest BCUT2D eigenvalue weighted by Crippen LogP contribution is -2.06. The number of aromatic nitrogens is 3. The summed E-state index contributed by atoms with van der Waals surface area (Å²) >= 11 is 0. The van der Waals surface area contributed by atoms with Gasteiger partial charge in [0, 0.05) is 19.3 Å². The lowest BCUT2D eigenvalue weighted by Gasteiger charge is -2.01. The number of esters is 1. The van der Waals surface area contributed by atoms with E-state index in [4.69, 9.17) is 14.0 Å². The number of hydrogen-bond acceptors (Lipinski definition) is 6. The van der Waals surface area contributed by atoms with Crippen LogP contribution in [0.15, 0.2) is 41.1 Å². The van der Waals surface area contributed by atoms with Crippen molar-refractivity contribution in [3.8, 4) is 17.2 Å². The first-order chi connectivity index (χ1) is 11.6. The van der Waals surface area contributed by atoms with Crippen LogP contribution >= 0.6 is 0 Å². The first-order valence-corrected chi connectivity index (χ1v) is 7.03. The highest BCUT2D eigenvalue weighted by molar-refractivity contribution is 5.91. The lowest BCUT2D eigenvalue weighted by molar-refractivity contribution is 0.0460. The van der Waals surface area contributed by atoms with E-state index >= 15 is 0 Å². The van der Waals surface area contributed by atoms with Crippen molar-refractivity contribution in [3.05, 3.63) is 53.6 Å². The van der Waals surface area contributed by atoms with Crippen LogP contribution in [0.3, 0.4) is 0 Å². The smallest absolute Gasteiger partial charge is 0.345 e. The highest BCUT2D eigenvalue weighted by Crippen LogP contribution is 2.24. The number of hydrogen-bond donors (Lipinski definition) is 0. The Morgan fingerprint density at radius 1 is 1.38 bits per heavy atom. The van der Waals surface area contributed by atoms with Gasteiger partial charge in [-0.2, -0.15) is 0 Å². The summed E-state index contributed by atoms with van der Waals surface area (Å²) in [4.78, 5) is 12.1. The van der Waals surface area contributed by atoms with Crippen LogP contribution in [0.5, 0.6) is 5.88 Å². The summed E-state index contributed by atoms with van der Waals surface area (Å²) in [6.45, 7) is -0.116. The van der Waals surface area contributed by atoms with Crippen molar-refractivity contribution in [2.24, 2.45) is 7.05 Å². The average molecular weight is 331 g/mol. The molecule has 0 fully saturated rings. The molecule has 0 amide bonds. The molecule has 3 rings (SSSR count). The van der Waals surface area contributed by atoms with E-state index in [1.165, 1.54) is 30.1 Å². The van der Waals surface area contributed by atoms with E-state index in [0.717, 1.165) is 0 Å². The highest BCUT2D eigenvalue weighted by atomic mass is 19.1. The van der Waals surface area contributed by atoms with Gasteiger partial charge in [-0.25, -0.2) is 9.18 Å². The van der Waals surface area contributed by atoms with Gasteiger partial charge >= 0.3 is 5.97 Å². The minimum absolute atomic E-state index is 0.116. The fraction of sp³-hybridized carbons (Fsp3) is 0.188. The van der Waals surface area contributed by atoms with Crippen molar-refractivity contribution in [2.45, 2.75) is 6.61 Å². The Morgan fingerprint density at radius 2 is 2.17 bits per heavy atom. The van der Waals surface area contributed by atoms with Crippen LogP contribution in [0.2, 0.25) is 0 Å². The fourth-order valence-corrected chi connectivity index (χ4v) is 2.14. The third-order valence-electron chi connectivity index (χ3n) is 3.26. The number of halogens is 1. The number of carbonyl (C=O) groups excluding carboxylic acids is 1. The Kier molecular flexibility index (Phi) is 4.28. The summed E-state index contributed by atoms with van der Waals surface area (Å²) < 4.78 is 30.4. The molecule has 0 aliphatic carbocycles. The third-order valence-corrected chi connectivity index (χ3v) is 3.26. The maximum Gasteiger partial charge on any atom is 0.345 e. The van der Waals surface area contributed by atoms with Crippen LogP contribution in [0, 0.1) is 5.82 Å². The van der Waals surface area contributed by atoms with Gasteiger partial charge in [0.15, 0.2) is 5.76 Å². The molecule has 0 spiro atoms. The molecule has 0 aliphatic heterocycles. The molecule has 2 aromatic heterocycles. The van der Waals surface area contributed by atoms with Gasteiger partial charge in [0.2, 0.25) is 5.88 Å². The zero-order valence-electron chi connectivity index (χ0n) is 13.0. The summed E-state index contributed by atoms with van der Waals surface area (Å²) in [5.41, 5.74) is 0.860. The minimum Gasteiger partial charge on any atom is -0.479 e. The Labute approximate surface area is 136 Å². The number of carbonyl (C=O) groups is 1. The predicted molar refractivity (Wildman–Crippen MR) is 80.8 cm³/mol. The first-order valence-electron chi connectivity index (χ1n) is 7.03. The van der Waals surface area contributed by atoms with Gasteiger partial charge in [-0.05, 0) is 12.1 Å². The van der Waals surface area contributed by atoms with Crippen molar-refractivity contribution in [1.29, 1.82) is 0 Å². The minimum atomic E-state index is -0.601. The van der Waals surface area contributed by atoms with E-state index < -0.39 is 11.8 Å². The van der Waals surface area contributed by atoms with Crippen molar-refractivity contribution in [3.63, 3.8) is 0 Å². The van der Waals surface area contributed by atoms with E-state index in [0.29, 0.717) is 5.69 Å². The molecule has 7 nitrogen and oxygen atoms in total. The Balaban J connectivity index is 1.69. The standard InChI is InChI=1S/C16H14FN3O4/c1-20-8-12(15(18-20)22-2)16(21)23-9-10-7-14(24-19-10)11-5-3-4-6-13(11)17/h3-8H,9H2,1-2H3. The molecule has 124 valence electrons. The average Bonchev–Trinajstić information content (AvgIpc) is 3.19. The molecular formula is C16H14FN3O4. The van der Waals surface area contributed by atoms with Gasteiger partial charge < -0.3 is 14.0 Å². The molecule has 0 saturated heterocycles. The Morgan fingerprint density at radius 3 is 2.92 bits per heavy atom. The molecule has 0 atom stereocenters. The maximum absolute atomic E-state index is 13.7. The van der Waals surface area contributed by atoms with Crippen LogP contribution in [0.1, 0.15) is 16.1 Å². The molecule has 0 aliphatic rings. The Hall–Kier alpha value is -3.16. The fourth-order valence-electron chi connectivity index (χ4n) is 2.14. The van der Waals surface area contributed by atoms with Crippen LogP contribution in [0.4, 0.5) is 4.39 Å². The molecule has 0 N–H and O–H groups in total. The molecule has 3 aromatic rings. The number of benzene rings is 1. The maximum atomic E-state index is 13.7. The van der Waals surface area contributed by atoms with Crippen LogP contribution < -0.4 is 4.74 Å². The quantitative estimate of drug-likeness (QED) is 0.669. The van der Waals surface area contributed by atoms with Gasteiger partial charge in [0.25, 0.3) is 0 Å². The molecule has 0 radical (unpaired) electrons. The SMILES string of the molecule is COc1nn(C)cc1C(=O)OCc1cc(-c2ccccc2F)on1. The van der Waals surface area contributed by atoms with Gasteiger partial charge in [0.05, 0.1) is 12.7 Å². The molecule has 0 bridgehead atoms. The first kappa shape index (κ1) is 15.7. The molecule has 0 saturated carbocycles. The van der Waals surface area contributed by atoms with Crippen LogP contribution in [-0.2, 0) is 18.4 Å². The molecular weight excluding hydrogens is 317 g/mol. The molecule has 2 heterocycles. The number of rotatable bonds is 5. The van der Waals surface area contributed by atoms with E-state index in [9.17, 15) is 9.18 Å². The number of nitrogens with zero attached hydrogens (tertiary/aromatic N) is 3. The van der Waals surface area contributed by atoms with Crippen molar-refractivity contribution >= 4 is 5.97 Å². The molecule has 8 heteroatoms. The number of aryl methyl sites for hydroxylation is 1. The zero-order chi connectivity index (χ0) is 17.1. The Bertz CT molecular complexity index is 872. The van der Waals surface area contributed by atoms with Gasteiger partial charge in [0.1, 0.15) is 23.7 Å². The third kappa shape index (κ3) is 3.12. The normalized spacial score (nSPS) is 10.6. The van der Waals surface area contributed by atoms with Crippen molar-refractivity contribution in [1.82, 2.24) is 14.9 Å². The lowest BCUT2D eigenvalue weighted by atomic mass is 10.1. The monoisotopic (exact) mass is 331 g/mol. The van der Waals surface area contributed by atoms with Crippen LogP contribution in [-0.4, -0.2) is 28.0 Å². The van der Waals surface area contributed by atoms with E-state index in [2.05, 4.69) is 10.3 Å². The summed E-state index contributed by atoms with van der Waals surface area (Å²) in [5, 5.41) is 7.75. The van der Waals surface area contributed by atoms with Gasteiger partial charge in [-0.1, -0.05) is 17.3 Å². The van der Waals surface area contributed by atoms with E-state index in [1.54, 1.807) is 25.2 Å². The summed E-state index contributed by atoms with van der Waals surface area (Å²) in [6, 6.07) is 7.69. The predicted octanol–water partition coefficient (Wildman–Crippen LogP) is 2.58. The van der Waals surface area contributed by atoms with Crippen LogP contribution in [0.25, 0.3) is 11.3 Å². The number of ether oxygens (including phenoxy) is 2. The second-order valence-electron chi connectivity index (χ2n) is 4.96. The second kappa shape index (κ2) is 6.53. The molecule has 0 unspecified atom stereocenters. The van der Waals surface area contributed by atoms with E-state index in [1.807, 2.05) is 0 Å².